The Balaban J connectivity index is 1.41. The SMILES string of the molecule is OC(c1ccccc1)(c1ccccc1)C1CCN(c2nnnn2-c2ccccc2)CC1. The summed E-state index contributed by atoms with van der Waals surface area (Å²) >= 11 is 0. The molecule has 0 atom stereocenters. The fraction of sp³-hybridized carbons (Fsp3) is 0.240. The molecular weight excluding hydrogens is 386 g/mol. The van der Waals surface area contributed by atoms with E-state index in [0.717, 1.165) is 48.7 Å². The number of aromatic nitrogens is 4. The molecule has 1 aliphatic heterocycles. The number of hydrogen-bond donors (Lipinski definition) is 1. The molecule has 0 spiro atoms. The lowest BCUT2D eigenvalue weighted by Gasteiger charge is -2.42. The summed E-state index contributed by atoms with van der Waals surface area (Å²) in [7, 11) is 0. The van der Waals surface area contributed by atoms with Gasteiger partial charge in [0, 0.05) is 13.1 Å². The second-order valence-electron chi connectivity index (χ2n) is 7.99. The van der Waals surface area contributed by atoms with Crippen molar-refractivity contribution in [2.75, 3.05) is 18.0 Å². The van der Waals surface area contributed by atoms with Crippen molar-refractivity contribution in [2.24, 2.45) is 5.92 Å². The Labute approximate surface area is 181 Å². The molecule has 0 saturated carbocycles. The first kappa shape index (κ1) is 19.5. The lowest BCUT2D eigenvalue weighted by atomic mass is 9.72. The van der Waals surface area contributed by atoms with Gasteiger partial charge in [-0.1, -0.05) is 84.0 Å². The first-order chi connectivity index (χ1) is 15.3. The van der Waals surface area contributed by atoms with Crippen LogP contribution in [-0.2, 0) is 5.60 Å². The summed E-state index contributed by atoms with van der Waals surface area (Å²) in [6.07, 6.45) is 1.67. The van der Waals surface area contributed by atoms with Crippen LogP contribution in [0.25, 0.3) is 5.69 Å². The molecule has 0 unspecified atom stereocenters. The fourth-order valence-electron chi connectivity index (χ4n) is 4.64. The van der Waals surface area contributed by atoms with Gasteiger partial charge in [-0.05, 0) is 52.4 Å². The summed E-state index contributed by atoms with van der Waals surface area (Å²) in [6, 6.07) is 30.0. The van der Waals surface area contributed by atoms with E-state index in [1.54, 1.807) is 4.68 Å². The topological polar surface area (TPSA) is 67.1 Å². The van der Waals surface area contributed by atoms with E-state index < -0.39 is 5.60 Å². The van der Waals surface area contributed by atoms with Gasteiger partial charge < -0.3 is 10.0 Å². The van der Waals surface area contributed by atoms with Gasteiger partial charge in [-0.2, -0.15) is 4.68 Å². The number of aliphatic hydroxyl groups is 1. The molecule has 0 bridgehead atoms. The maximum Gasteiger partial charge on any atom is 0.250 e. The molecule has 31 heavy (non-hydrogen) atoms. The summed E-state index contributed by atoms with van der Waals surface area (Å²) in [5, 5.41) is 24.4. The zero-order valence-corrected chi connectivity index (χ0v) is 17.2. The van der Waals surface area contributed by atoms with Crippen molar-refractivity contribution in [1.82, 2.24) is 20.2 Å². The van der Waals surface area contributed by atoms with E-state index in [1.165, 1.54) is 0 Å². The van der Waals surface area contributed by atoms with Crippen molar-refractivity contribution in [3.05, 3.63) is 102 Å². The first-order valence-electron chi connectivity index (χ1n) is 10.7. The van der Waals surface area contributed by atoms with Crippen molar-refractivity contribution >= 4 is 5.95 Å². The van der Waals surface area contributed by atoms with Crippen LogP contribution in [-0.4, -0.2) is 38.4 Å². The summed E-state index contributed by atoms with van der Waals surface area (Å²) < 4.78 is 1.78. The molecule has 6 heteroatoms. The highest BCUT2D eigenvalue weighted by Gasteiger charge is 2.42. The quantitative estimate of drug-likeness (QED) is 0.541. The number of piperidine rings is 1. The van der Waals surface area contributed by atoms with Crippen molar-refractivity contribution in [1.29, 1.82) is 0 Å². The minimum Gasteiger partial charge on any atom is -0.380 e. The predicted molar refractivity (Wildman–Crippen MR) is 120 cm³/mol. The molecule has 156 valence electrons. The van der Waals surface area contributed by atoms with Gasteiger partial charge in [0.15, 0.2) is 0 Å². The Kier molecular flexibility index (Phi) is 5.22. The first-order valence-corrected chi connectivity index (χ1v) is 10.7. The third-order valence-electron chi connectivity index (χ3n) is 6.25. The smallest absolute Gasteiger partial charge is 0.250 e. The minimum atomic E-state index is -1.03. The normalized spacial score (nSPS) is 15.2. The van der Waals surface area contributed by atoms with Gasteiger partial charge in [-0.25, -0.2) is 0 Å². The average molecular weight is 412 g/mol. The van der Waals surface area contributed by atoms with Crippen LogP contribution in [0.5, 0.6) is 0 Å². The molecule has 1 aromatic heterocycles. The van der Waals surface area contributed by atoms with Crippen LogP contribution < -0.4 is 4.90 Å². The lowest BCUT2D eigenvalue weighted by molar-refractivity contribution is 0.00491. The van der Waals surface area contributed by atoms with Crippen LogP contribution in [0.3, 0.4) is 0 Å². The minimum absolute atomic E-state index is 0.0922. The monoisotopic (exact) mass is 411 g/mol. The van der Waals surface area contributed by atoms with Crippen LogP contribution in [0, 0.1) is 5.92 Å². The zero-order chi connectivity index (χ0) is 21.1. The number of para-hydroxylation sites is 1. The Morgan fingerprint density at radius 3 is 1.81 bits per heavy atom. The third kappa shape index (κ3) is 3.59. The molecular formula is C25H25N5O. The molecule has 4 aromatic rings. The maximum atomic E-state index is 12.1. The summed E-state index contributed by atoms with van der Waals surface area (Å²) in [4.78, 5) is 2.21. The Morgan fingerprint density at radius 1 is 0.742 bits per heavy atom. The number of hydrogen-bond acceptors (Lipinski definition) is 5. The Bertz CT molecular complexity index is 1070. The highest BCUT2D eigenvalue weighted by molar-refractivity contribution is 5.42. The summed E-state index contributed by atoms with van der Waals surface area (Å²) in [6.45, 7) is 1.56. The highest BCUT2D eigenvalue weighted by atomic mass is 16.3. The highest BCUT2D eigenvalue weighted by Crippen LogP contribution is 2.42. The molecule has 1 N–H and O–H groups in total. The number of benzene rings is 3. The van der Waals surface area contributed by atoms with E-state index in [-0.39, 0.29) is 5.92 Å². The molecule has 0 amide bonds. The molecule has 3 aromatic carbocycles. The van der Waals surface area contributed by atoms with E-state index in [9.17, 15) is 5.11 Å². The van der Waals surface area contributed by atoms with Crippen molar-refractivity contribution in [2.45, 2.75) is 18.4 Å². The standard InChI is InChI=1S/C25H25N5O/c31-25(20-10-4-1-5-11-20,21-12-6-2-7-13-21)22-16-18-29(19-17-22)24-26-27-28-30(24)23-14-8-3-9-15-23/h1-15,22,31H,16-19H2. The molecule has 1 saturated heterocycles. The third-order valence-corrected chi connectivity index (χ3v) is 6.25. The van der Waals surface area contributed by atoms with Crippen molar-refractivity contribution < 1.29 is 5.11 Å². The van der Waals surface area contributed by atoms with Gasteiger partial charge in [-0.3, -0.25) is 0 Å². The molecule has 5 rings (SSSR count). The van der Waals surface area contributed by atoms with Gasteiger partial charge in [0.2, 0.25) is 5.95 Å². The summed E-state index contributed by atoms with van der Waals surface area (Å²) in [5.41, 5.74) is 1.79. The molecule has 1 fully saturated rings. The van der Waals surface area contributed by atoms with Crippen molar-refractivity contribution in [3.63, 3.8) is 0 Å². The average Bonchev–Trinajstić information content (AvgIpc) is 3.35. The molecule has 6 nitrogen and oxygen atoms in total. The van der Waals surface area contributed by atoms with Gasteiger partial charge in [-0.15, -0.1) is 0 Å². The molecule has 0 aliphatic carbocycles. The zero-order valence-electron chi connectivity index (χ0n) is 17.2. The number of tetrazole rings is 1. The predicted octanol–water partition coefficient (Wildman–Crippen LogP) is 3.81. The largest absolute Gasteiger partial charge is 0.380 e. The van der Waals surface area contributed by atoms with E-state index in [1.807, 2.05) is 91.0 Å². The van der Waals surface area contributed by atoms with Gasteiger partial charge >= 0.3 is 0 Å². The Morgan fingerprint density at radius 2 is 1.26 bits per heavy atom. The van der Waals surface area contributed by atoms with Gasteiger partial charge in [0.1, 0.15) is 5.60 Å². The van der Waals surface area contributed by atoms with Gasteiger partial charge in [0.05, 0.1) is 5.69 Å². The Hall–Kier alpha value is -3.51. The number of rotatable bonds is 5. The maximum absolute atomic E-state index is 12.1. The van der Waals surface area contributed by atoms with Crippen LogP contribution in [0.1, 0.15) is 24.0 Å². The number of anilines is 1. The second-order valence-corrected chi connectivity index (χ2v) is 7.99. The molecule has 0 radical (unpaired) electrons. The second kappa shape index (κ2) is 8.32. The lowest BCUT2D eigenvalue weighted by Crippen LogP contribution is -2.45. The molecule has 1 aliphatic rings. The summed E-state index contributed by atoms with van der Waals surface area (Å²) in [5.74, 6) is 0.835. The van der Waals surface area contributed by atoms with Crippen LogP contribution in [0.4, 0.5) is 5.95 Å². The molecule has 2 heterocycles. The van der Waals surface area contributed by atoms with Crippen LogP contribution in [0.15, 0.2) is 91.0 Å². The van der Waals surface area contributed by atoms with E-state index in [4.69, 9.17) is 0 Å². The van der Waals surface area contributed by atoms with E-state index >= 15 is 0 Å². The van der Waals surface area contributed by atoms with E-state index in [2.05, 4.69) is 20.4 Å². The van der Waals surface area contributed by atoms with Gasteiger partial charge in [0.25, 0.3) is 0 Å². The van der Waals surface area contributed by atoms with Crippen LogP contribution in [0.2, 0.25) is 0 Å². The van der Waals surface area contributed by atoms with Crippen molar-refractivity contribution in [3.8, 4) is 5.69 Å². The van der Waals surface area contributed by atoms with E-state index in [0.29, 0.717) is 0 Å². The fourth-order valence-corrected chi connectivity index (χ4v) is 4.64. The van der Waals surface area contributed by atoms with Crippen LogP contribution >= 0.6 is 0 Å². The number of nitrogens with zero attached hydrogens (tertiary/aromatic N) is 5.